The van der Waals surface area contributed by atoms with Crippen LogP contribution in [0.2, 0.25) is 0 Å². The molecule has 1 aromatic carbocycles. The predicted octanol–water partition coefficient (Wildman–Crippen LogP) is 1.97. The normalized spacial score (nSPS) is 21.2. The first kappa shape index (κ1) is 25.2. The molecule has 0 aliphatic carbocycles. The van der Waals surface area contributed by atoms with Crippen LogP contribution in [0.25, 0.3) is 0 Å². The molecule has 2 heterocycles. The van der Waals surface area contributed by atoms with Crippen molar-refractivity contribution in [3.63, 3.8) is 0 Å². The number of guanidine groups is 1. The Morgan fingerprint density at radius 2 is 2.13 bits per heavy atom. The number of morpholine rings is 1. The molecule has 1 aromatic rings. The number of nitrogens with zero attached hydrogens (tertiary/aromatic N) is 3. The van der Waals surface area contributed by atoms with Crippen LogP contribution < -0.4 is 10.1 Å². The number of nitrogens with one attached hydrogen (secondary N) is 1. The molecule has 0 bridgehead atoms. The number of halogens is 1. The average molecular weight is 532 g/mol. The summed E-state index contributed by atoms with van der Waals surface area (Å²) in [6, 6.07) is 7.86. The summed E-state index contributed by atoms with van der Waals surface area (Å²) in [5.41, 5.74) is 1.14. The van der Waals surface area contributed by atoms with Crippen LogP contribution >= 0.6 is 24.0 Å². The molecule has 0 saturated carbocycles. The number of benzene rings is 1. The van der Waals surface area contributed by atoms with Crippen molar-refractivity contribution in [1.82, 2.24) is 15.1 Å². The van der Waals surface area contributed by atoms with Gasteiger partial charge in [0.15, 0.2) is 5.96 Å². The minimum absolute atomic E-state index is 0. The minimum atomic E-state index is -0.629. The Bertz CT molecular complexity index is 655. The van der Waals surface area contributed by atoms with Crippen LogP contribution in [0.1, 0.15) is 18.9 Å². The molecular weight excluding hydrogens is 495 g/mol. The Hall–Kier alpha value is -1.10. The summed E-state index contributed by atoms with van der Waals surface area (Å²) in [6.45, 7) is 12.4. The summed E-state index contributed by atoms with van der Waals surface area (Å²) in [5.74, 6) is 2.34. The highest BCUT2D eigenvalue weighted by Gasteiger charge is 2.27. The highest BCUT2D eigenvalue weighted by Crippen LogP contribution is 2.18. The molecule has 0 amide bonds. The van der Waals surface area contributed by atoms with Crippen molar-refractivity contribution in [2.24, 2.45) is 10.9 Å². The molecule has 2 fully saturated rings. The van der Waals surface area contributed by atoms with Crippen molar-refractivity contribution in [2.75, 3.05) is 65.6 Å². The Kier molecular flexibility index (Phi) is 11.2. The van der Waals surface area contributed by atoms with Gasteiger partial charge in [0.1, 0.15) is 18.5 Å². The van der Waals surface area contributed by atoms with Crippen LogP contribution in [0.5, 0.6) is 5.75 Å². The lowest BCUT2D eigenvalue weighted by molar-refractivity contribution is 0.0315. The summed E-state index contributed by atoms with van der Waals surface area (Å²) in [4.78, 5) is 9.50. The van der Waals surface area contributed by atoms with E-state index in [0.29, 0.717) is 12.5 Å². The van der Waals surface area contributed by atoms with Crippen molar-refractivity contribution >= 4 is 29.9 Å². The van der Waals surface area contributed by atoms with Crippen molar-refractivity contribution in [3.05, 3.63) is 29.8 Å². The molecular formula is C22H37IN4O3. The lowest BCUT2D eigenvalue weighted by atomic mass is 10.1. The van der Waals surface area contributed by atoms with Crippen LogP contribution in [0.3, 0.4) is 0 Å². The molecule has 3 rings (SSSR count). The van der Waals surface area contributed by atoms with E-state index in [1.807, 2.05) is 31.2 Å². The first-order valence-electron chi connectivity index (χ1n) is 10.8. The first-order chi connectivity index (χ1) is 14.1. The van der Waals surface area contributed by atoms with Crippen molar-refractivity contribution in [2.45, 2.75) is 26.4 Å². The number of aliphatic hydroxyl groups excluding tert-OH is 1. The zero-order chi connectivity index (χ0) is 20.5. The molecule has 2 aliphatic rings. The Labute approximate surface area is 197 Å². The fourth-order valence-corrected chi connectivity index (χ4v) is 3.89. The summed E-state index contributed by atoms with van der Waals surface area (Å²) in [6.07, 6.45) is 0.553. The maximum atomic E-state index is 10.3. The van der Waals surface area contributed by atoms with E-state index in [9.17, 15) is 5.11 Å². The van der Waals surface area contributed by atoms with Gasteiger partial charge in [-0.2, -0.15) is 0 Å². The SMILES string of the molecule is CCNC(=NCC(O)COc1cccc(C)c1)N1CCC(CN2CCOCC2)C1.I. The maximum Gasteiger partial charge on any atom is 0.194 e. The zero-order valence-corrected chi connectivity index (χ0v) is 20.6. The molecule has 2 aliphatic heterocycles. The largest absolute Gasteiger partial charge is 0.491 e. The van der Waals surface area contributed by atoms with E-state index < -0.39 is 6.10 Å². The van der Waals surface area contributed by atoms with E-state index in [1.165, 1.54) is 6.42 Å². The van der Waals surface area contributed by atoms with E-state index in [0.717, 1.165) is 69.8 Å². The van der Waals surface area contributed by atoms with E-state index >= 15 is 0 Å². The smallest absolute Gasteiger partial charge is 0.194 e. The number of ether oxygens (including phenoxy) is 2. The molecule has 2 saturated heterocycles. The Morgan fingerprint density at radius 3 is 2.87 bits per heavy atom. The van der Waals surface area contributed by atoms with Crippen LogP contribution in [0, 0.1) is 12.8 Å². The molecule has 8 heteroatoms. The Balaban J connectivity index is 0.00000320. The van der Waals surface area contributed by atoms with Crippen LogP contribution in [0.4, 0.5) is 0 Å². The van der Waals surface area contributed by atoms with Crippen LogP contribution in [0.15, 0.2) is 29.3 Å². The predicted molar refractivity (Wildman–Crippen MR) is 131 cm³/mol. The molecule has 2 unspecified atom stereocenters. The number of hydrogen-bond donors (Lipinski definition) is 2. The van der Waals surface area contributed by atoms with Gasteiger partial charge in [-0.15, -0.1) is 24.0 Å². The van der Waals surface area contributed by atoms with Crippen molar-refractivity contribution in [1.29, 1.82) is 0 Å². The van der Waals surface area contributed by atoms with Gasteiger partial charge < -0.3 is 24.8 Å². The number of aliphatic imine (C=N–C) groups is 1. The molecule has 0 radical (unpaired) electrons. The van der Waals surface area contributed by atoms with Gasteiger partial charge in [-0.3, -0.25) is 9.89 Å². The lowest BCUT2D eigenvalue weighted by Crippen LogP contribution is -2.42. The van der Waals surface area contributed by atoms with Gasteiger partial charge in [0.25, 0.3) is 0 Å². The van der Waals surface area contributed by atoms with E-state index in [1.54, 1.807) is 0 Å². The van der Waals surface area contributed by atoms with Crippen molar-refractivity contribution in [3.8, 4) is 5.75 Å². The summed E-state index contributed by atoms with van der Waals surface area (Å²) in [5, 5.41) is 13.7. The standard InChI is InChI=1S/C22H36N4O3.HI/c1-3-23-22(24-14-20(27)17-29-21-6-4-5-18(2)13-21)26-8-7-19(16-26)15-25-9-11-28-12-10-25;/h4-6,13,19-20,27H,3,7-12,14-17H2,1-2H3,(H,23,24);1H. The fraction of sp³-hybridized carbons (Fsp3) is 0.682. The van der Waals surface area contributed by atoms with Gasteiger partial charge in [-0.25, -0.2) is 0 Å². The van der Waals surface area contributed by atoms with Crippen LogP contribution in [-0.4, -0.2) is 92.6 Å². The van der Waals surface area contributed by atoms with E-state index in [4.69, 9.17) is 9.47 Å². The van der Waals surface area contributed by atoms with Gasteiger partial charge in [0, 0.05) is 39.3 Å². The fourth-order valence-electron chi connectivity index (χ4n) is 3.89. The monoisotopic (exact) mass is 532 g/mol. The minimum Gasteiger partial charge on any atom is -0.491 e. The molecule has 2 N–H and O–H groups in total. The second kappa shape index (κ2) is 13.3. The third-order valence-corrected chi connectivity index (χ3v) is 5.42. The van der Waals surface area contributed by atoms with Gasteiger partial charge in [0.05, 0.1) is 19.8 Å². The quantitative estimate of drug-likeness (QED) is 0.303. The lowest BCUT2D eigenvalue weighted by Gasteiger charge is -2.29. The van der Waals surface area contributed by atoms with Gasteiger partial charge in [-0.1, -0.05) is 12.1 Å². The summed E-state index contributed by atoms with van der Waals surface area (Å²) in [7, 11) is 0. The zero-order valence-electron chi connectivity index (χ0n) is 18.3. The topological polar surface area (TPSA) is 69.6 Å². The van der Waals surface area contributed by atoms with Crippen LogP contribution in [-0.2, 0) is 4.74 Å². The molecule has 0 aromatic heterocycles. The second-order valence-corrected chi connectivity index (χ2v) is 7.99. The highest BCUT2D eigenvalue weighted by atomic mass is 127. The van der Waals surface area contributed by atoms with Gasteiger partial charge >= 0.3 is 0 Å². The van der Waals surface area contributed by atoms with Gasteiger partial charge in [-0.05, 0) is 43.9 Å². The number of likely N-dealkylation sites (tertiary alicyclic amines) is 1. The Morgan fingerprint density at radius 1 is 1.33 bits per heavy atom. The van der Waals surface area contributed by atoms with E-state index in [2.05, 4.69) is 27.0 Å². The molecule has 170 valence electrons. The first-order valence-corrected chi connectivity index (χ1v) is 10.8. The highest BCUT2D eigenvalue weighted by molar-refractivity contribution is 14.0. The summed E-state index contributed by atoms with van der Waals surface area (Å²) >= 11 is 0. The maximum absolute atomic E-state index is 10.3. The molecule has 0 spiro atoms. The number of aliphatic hydroxyl groups is 1. The average Bonchev–Trinajstić information content (AvgIpc) is 3.18. The molecule has 7 nitrogen and oxygen atoms in total. The number of aryl methyl sites for hydroxylation is 1. The number of hydrogen-bond acceptors (Lipinski definition) is 5. The summed E-state index contributed by atoms with van der Waals surface area (Å²) < 4.78 is 11.1. The molecule has 30 heavy (non-hydrogen) atoms. The third-order valence-electron chi connectivity index (χ3n) is 5.42. The van der Waals surface area contributed by atoms with Gasteiger partial charge in [0.2, 0.25) is 0 Å². The number of rotatable bonds is 8. The molecule has 2 atom stereocenters. The second-order valence-electron chi connectivity index (χ2n) is 7.99. The van der Waals surface area contributed by atoms with E-state index in [-0.39, 0.29) is 30.6 Å². The van der Waals surface area contributed by atoms with Crippen molar-refractivity contribution < 1.29 is 14.6 Å². The third kappa shape index (κ3) is 8.20.